The number of thiophene rings is 1. The predicted octanol–water partition coefficient (Wildman–Crippen LogP) is 2.45. The Morgan fingerprint density at radius 1 is 1.20 bits per heavy atom. The predicted molar refractivity (Wildman–Crippen MR) is 127 cm³/mol. The van der Waals surface area contributed by atoms with E-state index in [-0.39, 0.29) is 12.3 Å². The summed E-state index contributed by atoms with van der Waals surface area (Å²) in [5.74, 6) is -3.20. The minimum absolute atomic E-state index is 0.0707. The van der Waals surface area contributed by atoms with Crippen molar-refractivity contribution in [2.24, 2.45) is 5.92 Å². The number of ether oxygens (including phenoxy) is 1. The fourth-order valence-electron chi connectivity index (χ4n) is 4.17. The van der Waals surface area contributed by atoms with Gasteiger partial charge in [-0.3, -0.25) is 24.6 Å². The maximum absolute atomic E-state index is 13.0. The minimum atomic E-state index is -1.11. The maximum Gasteiger partial charge on any atom is 0.344 e. The van der Waals surface area contributed by atoms with E-state index in [2.05, 4.69) is 10.7 Å². The molecule has 3 unspecified atom stereocenters. The molecule has 2 aromatic rings. The lowest BCUT2D eigenvalue weighted by Crippen LogP contribution is -2.49. The molecule has 0 bridgehead atoms. The first-order valence-corrected chi connectivity index (χ1v) is 12.1. The molecule has 5 amide bonds. The van der Waals surface area contributed by atoms with E-state index in [1.807, 2.05) is 48.7 Å². The summed E-state index contributed by atoms with van der Waals surface area (Å²) in [6.45, 7) is 4.53. The Kier molecular flexibility index (Phi) is 6.62. The number of nitrogens with zero attached hydrogens (tertiary/aromatic N) is 2. The molecule has 0 aliphatic carbocycles. The molecule has 3 heterocycles. The fourth-order valence-corrected chi connectivity index (χ4v) is 5.05. The zero-order valence-electron chi connectivity index (χ0n) is 19.6. The van der Waals surface area contributed by atoms with Crippen molar-refractivity contribution in [3.8, 4) is 0 Å². The quantitative estimate of drug-likeness (QED) is 0.446. The van der Waals surface area contributed by atoms with Crippen LogP contribution in [0.4, 0.5) is 10.5 Å². The van der Waals surface area contributed by atoms with Crippen LogP contribution in [-0.4, -0.2) is 46.9 Å². The number of rotatable bonds is 7. The number of imide groups is 1. The standard InChI is InChI=1S/C24H26N4O6S/c1-4-24(3)22(32)28(23(33)25-24)26-18(29)13-34-21(31)16-12-19(30)27(15-9-7-14(2)8-10-15)20(16)17-6-5-11-35-17/h5-11,16,20H,4,12-13H2,1-3H3,(H,25,33)(H,26,29). The number of anilines is 1. The van der Waals surface area contributed by atoms with E-state index in [0.717, 1.165) is 10.4 Å². The summed E-state index contributed by atoms with van der Waals surface area (Å²) in [6, 6.07) is 9.81. The highest BCUT2D eigenvalue weighted by molar-refractivity contribution is 7.10. The van der Waals surface area contributed by atoms with Crippen LogP contribution in [0.2, 0.25) is 0 Å². The zero-order valence-corrected chi connectivity index (χ0v) is 20.4. The summed E-state index contributed by atoms with van der Waals surface area (Å²) >= 11 is 1.42. The van der Waals surface area contributed by atoms with Gasteiger partial charge in [0.05, 0.1) is 12.0 Å². The number of benzene rings is 1. The molecule has 1 aromatic carbocycles. The lowest BCUT2D eigenvalue weighted by Gasteiger charge is -2.27. The highest BCUT2D eigenvalue weighted by atomic mass is 32.1. The van der Waals surface area contributed by atoms with Crippen molar-refractivity contribution < 1.29 is 28.7 Å². The van der Waals surface area contributed by atoms with E-state index in [4.69, 9.17) is 4.74 Å². The molecule has 0 spiro atoms. The molecule has 2 N–H and O–H groups in total. The average Bonchev–Trinajstić information content (AvgIpc) is 3.53. The second-order valence-corrected chi connectivity index (χ2v) is 9.75. The topological polar surface area (TPSA) is 125 Å². The lowest BCUT2D eigenvalue weighted by atomic mass is 9.99. The van der Waals surface area contributed by atoms with E-state index < -0.39 is 47.9 Å². The van der Waals surface area contributed by atoms with Crippen LogP contribution < -0.4 is 15.6 Å². The molecule has 2 aliphatic rings. The SMILES string of the molecule is CCC1(C)NC(=O)N(NC(=O)COC(=O)C2CC(=O)N(c3ccc(C)cc3)C2c2cccs2)C1=O. The highest BCUT2D eigenvalue weighted by Gasteiger charge is 2.48. The van der Waals surface area contributed by atoms with Crippen molar-refractivity contribution in [2.45, 2.75) is 45.2 Å². The van der Waals surface area contributed by atoms with Crippen LogP contribution in [0, 0.1) is 12.8 Å². The van der Waals surface area contributed by atoms with Crippen molar-refractivity contribution in [1.82, 2.24) is 15.8 Å². The largest absolute Gasteiger partial charge is 0.455 e. The number of carbonyl (C=O) groups excluding carboxylic acids is 5. The van der Waals surface area contributed by atoms with Crippen LogP contribution >= 0.6 is 11.3 Å². The Balaban J connectivity index is 1.45. The van der Waals surface area contributed by atoms with Gasteiger partial charge in [-0.15, -0.1) is 11.3 Å². The van der Waals surface area contributed by atoms with Crippen LogP contribution in [-0.2, 0) is 23.9 Å². The van der Waals surface area contributed by atoms with Gasteiger partial charge in [0, 0.05) is 17.0 Å². The van der Waals surface area contributed by atoms with Crippen LogP contribution in [0.25, 0.3) is 0 Å². The van der Waals surface area contributed by atoms with E-state index in [0.29, 0.717) is 17.1 Å². The van der Waals surface area contributed by atoms with Crippen LogP contribution in [0.15, 0.2) is 41.8 Å². The van der Waals surface area contributed by atoms with Gasteiger partial charge in [-0.05, 0) is 43.8 Å². The summed E-state index contributed by atoms with van der Waals surface area (Å²) < 4.78 is 5.23. The first-order chi connectivity index (χ1) is 16.6. The Hall–Kier alpha value is -3.73. The smallest absolute Gasteiger partial charge is 0.344 e. The molecule has 11 heteroatoms. The number of carbonyl (C=O) groups is 5. The number of amides is 5. The molecule has 2 aliphatic heterocycles. The Morgan fingerprint density at radius 3 is 2.51 bits per heavy atom. The lowest BCUT2D eigenvalue weighted by molar-refractivity contribution is -0.154. The zero-order chi connectivity index (χ0) is 25.3. The molecular weight excluding hydrogens is 472 g/mol. The van der Waals surface area contributed by atoms with Gasteiger partial charge in [-0.25, -0.2) is 4.79 Å². The molecule has 0 radical (unpaired) electrons. The monoisotopic (exact) mass is 498 g/mol. The average molecular weight is 499 g/mol. The molecule has 1 aromatic heterocycles. The third kappa shape index (κ3) is 4.63. The Labute approximate surface area is 206 Å². The summed E-state index contributed by atoms with van der Waals surface area (Å²) in [5.41, 5.74) is 2.78. The first kappa shape index (κ1) is 24.4. The summed E-state index contributed by atoms with van der Waals surface area (Å²) in [7, 11) is 0. The van der Waals surface area contributed by atoms with Gasteiger partial charge in [0.1, 0.15) is 5.54 Å². The number of hydrogen-bond acceptors (Lipinski definition) is 7. The highest BCUT2D eigenvalue weighted by Crippen LogP contribution is 2.43. The van der Waals surface area contributed by atoms with E-state index in [1.54, 1.807) is 18.7 Å². The van der Waals surface area contributed by atoms with Crippen molar-refractivity contribution in [3.63, 3.8) is 0 Å². The molecule has 0 saturated carbocycles. The van der Waals surface area contributed by atoms with Crippen molar-refractivity contribution in [2.75, 3.05) is 11.5 Å². The van der Waals surface area contributed by atoms with Gasteiger partial charge >= 0.3 is 12.0 Å². The van der Waals surface area contributed by atoms with Crippen molar-refractivity contribution in [1.29, 1.82) is 0 Å². The molecule has 2 saturated heterocycles. The van der Waals surface area contributed by atoms with E-state index in [9.17, 15) is 24.0 Å². The number of urea groups is 1. The third-order valence-electron chi connectivity index (χ3n) is 6.32. The summed E-state index contributed by atoms with van der Waals surface area (Å²) in [5, 5.41) is 4.97. The van der Waals surface area contributed by atoms with Gasteiger partial charge in [0.25, 0.3) is 11.8 Å². The van der Waals surface area contributed by atoms with Gasteiger partial charge < -0.3 is 15.0 Å². The van der Waals surface area contributed by atoms with Crippen molar-refractivity contribution >= 4 is 46.7 Å². The van der Waals surface area contributed by atoms with Gasteiger partial charge in [0.15, 0.2) is 6.61 Å². The number of hydrazine groups is 1. The summed E-state index contributed by atoms with van der Waals surface area (Å²) in [6.07, 6.45) is 0.273. The van der Waals surface area contributed by atoms with Crippen LogP contribution in [0.5, 0.6) is 0 Å². The number of aryl methyl sites for hydroxylation is 1. The maximum atomic E-state index is 13.0. The number of esters is 1. The third-order valence-corrected chi connectivity index (χ3v) is 7.27. The van der Waals surface area contributed by atoms with Gasteiger partial charge in [-0.1, -0.05) is 30.7 Å². The molecular formula is C24H26N4O6S. The van der Waals surface area contributed by atoms with Crippen LogP contribution in [0.1, 0.15) is 43.2 Å². The normalized spacial score (nSPS) is 24.0. The molecule has 10 nitrogen and oxygen atoms in total. The number of hydrogen-bond donors (Lipinski definition) is 2. The molecule has 2 fully saturated rings. The van der Waals surface area contributed by atoms with E-state index in [1.165, 1.54) is 11.3 Å². The first-order valence-electron chi connectivity index (χ1n) is 11.2. The summed E-state index contributed by atoms with van der Waals surface area (Å²) in [4.78, 5) is 65.3. The Bertz CT molecular complexity index is 1170. The van der Waals surface area contributed by atoms with Crippen molar-refractivity contribution in [3.05, 3.63) is 52.2 Å². The fraction of sp³-hybridized carbons (Fsp3) is 0.375. The number of nitrogens with one attached hydrogen (secondary N) is 2. The second-order valence-electron chi connectivity index (χ2n) is 8.77. The Morgan fingerprint density at radius 2 is 1.91 bits per heavy atom. The minimum Gasteiger partial charge on any atom is -0.455 e. The second kappa shape index (κ2) is 9.49. The molecule has 35 heavy (non-hydrogen) atoms. The molecule has 3 atom stereocenters. The molecule has 184 valence electrons. The van der Waals surface area contributed by atoms with Gasteiger partial charge in [-0.2, -0.15) is 5.01 Å². The van der Waals surface area contributed by atoms with Crippen LogP contribution in [0.3, 0.4) is 0 Å². The molecule has 4 rings (SSSR count). The van der Waals surface area contributed by atoms with Gasteiger partial charge in [0.2, 0.25) is 5.91 Å². The van der Waals surface area contributed by atoms with E-state index >= 15 is 0 Å².